The summed E-state index contributed by atoms with van der Waals surface area (Å²) in [6.45, 7) is -0.848. The van der Waals surface area contributed by atoms with Crippen LogP contribution in [0.2, 0.25) is 0 Å². The molecule has 1 aliphatic rings. The molecule has 1 nitrogen and oxygen atoms in total. The van der Waals surface area contributed by atoms with Crippen molar-refractivity contribution in [2.24, 2.45) is 0 Å². The fourth-order valence-corrected chi connectivity index (χ4v) is 2.63. The van der Waals surface area contributed by atoms with Gasteiger partial charge in [0.15, 0.2) is 0 Å². The minimum Gasteiger partial charge on any atom is -0.306 e. The molecule has 84 valence electrons. The standard InChI is InChI=1S/C9H16F3NS/c1-14-8-4-2-3-7(5-8)13-6-9(10,11)12/h7-8,13H,2-6H2,1H3. The largest absolute Gasteiger partial charge is 0.401 e. The lowest BCUT2D eigenvalue weighted by Crippen LogP contribution is -2.40. The predicted octanol–water partition coefficient (Wildman–Crippen LogP) is 2.81. The van der Waals surface area contributed by atoms with Crippen molar-refractivity contribution < 1.29 is 13.2 Å². The van der Waals surface area contributed by atoms with Crippen LogP contribution >= 0.6 is 11.8 Å². The van der Waals surface area contributed by atoms with Gasteiger partial charge in [0.1, 0.15) is 0 Å². The second kappa shape index (κ2) is 5.26. The Kier molecular flexibility index (Phi) is 4.57. The highest BCUT2D eigenvalue weighted by molar-refractivity contribution is 7.99. The molecule has 1 saturated carbocycles. The van der Waals surface area contributed by atoms with Crippen molar-refractivity contribution in [1.82, 2.24) is 5.32 Å². The monoisotopic (exact) mass is 227 g/mol. The smallest absolute Gasteiger partial charge is 0.306 e. The van der Waals surface area contributed by atoms with Crippen molar-refractivity contribution in [3.8, 4) is 0 Å². The van der Waals surface area contributed by atoms with Crippen molar-refractivity contribution in [2.45, 2.75) is 43.2 Å². The number of hydrogen-bond acceptors (Lipinski definition) is 2. The molecule has 0 aromatic heterocycles. The average molecular weight is 227 g/mol. The number of alkyl halides is 3. The zero-order valence-electron chi connectivity index (χ0n) is 8.23. The van der Waals surface area contributed by atoms with Gasteiger partial charge in [0.25, 0.3) is 0 Å². The van der Waals surface area contributed by atoms with E-state index in [4.69, 9.17) is 0 Å². The van der Waals surface area contributed by atoms with Gasteiger partial charge < -0.3 is 5.32 Å². The molecule has 1 aliphatic carbocycles. The van der Waals surface area contributed by atoms with Gasteiger partial charge in [0, 0.05) is 11.3 Å². The van der Waals surface area contributed by atoms with Crippen LogP contribution in [0.4, 0.5) is 13.2 Å². The van der Waals surface area contributed by atoms with E-state index in [2.05, 4.69) is 5.32 Å². The molecule has 14 heavy (non-hydrogen) atoms. The summed E-state index contributed by atoms with van der Waals surface area (Å²) in [7, 11) is 0. The molecule has 1 rings (SSSR count). The van der Waals surface area contributed by atoms with Crippen LogP contribution < -0.4 is 5.32 Å². The first-order valence-electron chi connectivity index (χ1n) is 4.84. The fraction of sp³-hybridized carbons (Fsp3) is 1.00. The van der Waals surface area contributed by atoms with E-state index in [1.165, 1.54) is 0 Å². The molecule has 5 heteroatoms. The summed E-state index contributed by atoms with van der Waals surface area (Å²) in [5.41, 5.74) is 0. The van der Waals surface area contributed by atoms with E-state index in [-0.39, 0.29) is 6.04 Å². The molecule has 0 radical (unpaired) electrons. The molecule has 1 fully saturated rings. The minimum atomic E-state index is -4.08. The summed E-state index contributed by atoms with van der Waals surface area (Å²) >= 11 is 1.76. The molecule has 2 unspecified atom stereocenters. The summed E-state index contributed by atoms with van der Waals surface area (Å²) in [6, 6.07) is 0.0582. The number of thioether (sulfide) groups is 1. The number of rotatable bonds is 3. The van der Waals surface area contributed by atoms with Crippen molar-refractivity contribution in [3.05, 3.63) is 0 Å². The third kappa shape index (κ3) is 4.55. The molecular weight excluding hydrogens is 211 g/mol. The maximum absolute atomic E-state index is 11.9. The van der Waals surface area contributed by atoms with Gasteiger partial charge >= 0.3 is 6.18 Å². The maximum Gasteiger partial charge on any atom is 0.401 e. The lowest BCUT2D eigenvalue weighted by atomic mass is 9.95. The van der Waals surface area contributed by atoms with Crippen LogP contribution in [-0.4, -0.2) is 30.3 Å². The second-order valence-electron chi connectivity index (χ2n) is 3.72. The Balaban J connectivity index is 2.24. The summed E-state index contributed by atoms with van der Waals surface area (Å²) in [4.78, 5) is 0. The van der Waals surface area contributed by atoms with E-state index in [0.29, 0.717) is 5.25 Å². The van der Waals surface area contributed by atoms with Crippen LogP contribution in [0.15, 0.2) is 0 Å². The molecule has 0 saturated heterocycles. The van der Waals surface area contributed by atoms with Gasteiger partial charge in [-0.2, -0.15) is 24.9 Å². The predicted molar refractivity (Wildman–Crippen MR) is 53.6 cm³/mol. The molecule has 2 atom stereocenters. The zero-order chi connectivity index (χ0) is 10.6. The lowest BCUT2D eigenvalue weighted by Gasteiger charge is -2.29. The number of nitrogens with one attached hydrogen (secondary N) is 1. The first-order chi connectivity index (χ1) is 6.51. The molecule has 0 heterocycles. The highest BCUT2D eigenvalue weighted by Crippen LogP contribution is 2.27. The topological polar surface area (TPSA) is 12.0 Å². The molecule has 0 bridgehead atoms. The van der Waals surface area contributed by atoms with Crippen LogP contribution in [-0.2, 0) is 0 Å². The van der Waals surface area contributed by atoms with Crippen molar-refractivity contribution in [3.63, 3.8) is 0 Å². The Hall–Kier alpha value is 0.100. The first-order valence-corrected chi connectivity index (χ1v) is 6.13. The summed E-state index contributed by atoms with van der Waals surface area (Å²) < 4.78 is 35.8. The van der Waals surface area contributed by atoms with Gasteiger partial charge in [0.05, 0.1) is 6.54 Å². The minimum absolute atomic E-state index is 0.0582. The fourth-order valence-electron chi connectivity index (χ4n) is 1.80. The van der Waals surface area contributed by atoms with E-state index in [0.717, 1.165) is 25.7 Å². The van der Waals surface area contributed by atoms with Gasteiger partial charge in [-0.3, -0.25) is 0 Å². The van der Waals surface area contributed by atoms with Crippen LogP contribution in [0.3, 0.4) is 0 Å². The molecule has 0 aromatic rings. The summed E-state index contributed by atoms with van der Waals surface area (Å²) in [5.74, 6) is 0. The molecule has 0 spiro atoms. The van der Waals surface area contributed by atoms with Crippen LogP contribution in [0.25, 0.3) is 0 Å². The van der Waals surface area contributed by atoms with Crippen molar-refractivity contribution >= 4 is 11.8 Å². The van der Waals surface area contributed by atoms with E-state index in [1.54, 1.807) is 11.8 Å². The summed E-state index contributed by atoms with van der Waals surface area (Å²) in [5, 5.41) is 3.12. The average Bonchev–Trinajstić information content (AvgIpc) is 2.14. The molecule has 1 N–H and O–H groups in total. The third-order valence-corrected chi connectivity index (χ3v) is 3.65. The van der Waals surface area contributed by atoms with Gasteiger partial charge in [-0.15, -0.1) is 0 Å². The Morgan fingerprint density at radius 3 is 2.64 bits per heavy atom. The SMILES string of the molecule is CSC1CCCC(NCC(F)(F)F)C1. The summed E-state index contributed by atoms with van der Waals surface area (Å²) in [6.07, 6.45) is 1.89. The molecule has 0 amide bonds. The normalized spacial score (nSPS) is 29.1. The van der Waals surface area contributed by atoms with E-state index >= 15 is 0 Å². The molecular formula is C9H16F3NS. The number of halogens is 3. The van der Waals surface area contributed by atoms with E-state index in [9.17, 15) is 13.2 Å². The second-order valence-corrected chi connectivity index (χ2v) is 4.86. The lowest BCUT2D eigenvalue weighted by molar-refractivity contribution is -0.126. The molecule has 0 aromatic carbocycles. The van der Waals surface area contributed by atoms with Crippen molar-refractivity contribution in [1.29, 1.82) is 0 Å². The van der Waals surface area contributed by atoms with Crippen LogP contribution in [0.1, 0.15) is 25.7 Å². The van der Waals surface area contributed by atoms with Crippen molar-refractivity contribution in [2.75, 3.05) is 12.8 Å². The highest BCUT2D eigenvalue weighted by Gasteiger charge is 2.29. The quantitative estimate of drug-likeness (QED) is 0.795. The first kappa shape index (κ1) is 12.2. The third-order valence-electron chi connectivity index (χ3n) is 2.55. The van der Waals surface area contributed by atoms with Gasteiger partial charge in [-0.25, -0.2) is 0 Å². The molecule has 0 aliphatic heterocycles. The Labute approximate surface area is 86.8 Å². The maximum atomic E-state index is 11.9. The zero-order valence-corrected chi connectivity index (χ0v) is 9.05. The number of hydrogen-bond donors (Lipinski definition) is 1. The Bertz CT molecular complexity index is 172. The van der Waals surface area contributed by atoms with Crippen LogP contribution in [0.5, 0.6) is 0 Å². The highest BCUT2D eigenvalue weighted by atomic mass is 32.2. The van der Waals surface area contributed by atoms with Gasteiger partial charge in [-0.05, 0) is 25.5 Å². The Morgan fingerprint density at radius 1 is 1.36 bits per heavy atom. The van der Waals surface area contributed by atoms with E-state index in [1.807, 2.05) is 6.26 Å². The van der Waals surface area contributed by atoms with Crippen LogP contribution in [0, 0.1) is 0 Å². The van der Waals surface area contributed by atoms with E-state index < -0.39 is 12.7 Å². The van der Waals surface area contributed by atoms with Gasteiger partial charge in [0.2, 0.25) is 0 Å². The van der Waals surface area contributed by atoms with Gasteiger partial charge in [-0.1, -0.05) is 6.42 Å². The Morgan fingerprint density at radius 2 is 2.07 bits per heavy atom.